The summed E-state index contributed by atoms with van der Waals surface area (Å²) in [7, 11) is 0. The van der Waals surface area contributed by atoms with Gasteiger partial charge in [-0.15, -0.1) is 0 Å². The van der Waals surface area contributed by atoms with Gasteiger partial charge in [0, 0.05) is 62.2 Å². The Morgan fingerprint density at radius 2 is 1.69 bits per heavy atom. The van der Waals surface area contributed by atoms with Crippen LogP contribution in [0.5, 0.6) is 0 Å². The van der Waals surface area contributed by atoms with Crippen molar-refractivity contribution in [2.75, 3.05) is 31.1 Å². The average Bonchev–Trinajstić information content (AvgIpc) is 3.26. The highest BCUT2D eigenvalue weighted by atomic mass is 19.1. The van der Waals surface area contributed by atoms with Crippen LogP contribution in [-0.4, -0.2) is 41.6 Å². The van der Waals surface area contributed by atoms with Gasteiger partial charge in [0.05, 0.1) is 5.69 Å². The molecule has 5 heteroatoms. The van der Waals surface area contributed by atoms with Crippen molar-refractivity contribution in [3.05, 3.63) is 102 Å². The normalized spacial score (nSPS) is 14.9. The molecule has 1 unspecified atom stereocenters. The largest absolute Gasteiger partial charge is 0.366 e. The van der Waals surface area contributed by atoms with Crippen LogP contribution in [0.3, 0.4) is 0 Å². The summed E-state index contributed by atoms with van der Waals surface area (Å²) in [5.74, 6) is -0.0816. The molecule has 0 aliphatic carbocycles. The highest BCUT2D eigenvalue weighted by molar-refractivity contribution is 5.87. The standard InChI is InChI=1S/C30H32FN3O/c1-3-32-21-26(24-11-4-6-13-28(24)32)25(23-10-8-9-22(2)19-23)20-30(35)34-17-15-33(16-18-34)29-14-7-5-12-27(29)31/h4-14,19,21,25H,3,15-18,20H2,1-2H3. The van der Waals surface area contributed by atoms with Crippen LogP contribution in [0.15, 0.2) is 79.0 Å². The second-order valence-electron chi connectivity index (χ2n) is 9.38. The lowest BCUT2D eigenvalue weighted by molar-refractivity contribution is -0.131. The SMILES string of the molecule is CCn1cc(C(CC(=O)N2CCN(c3ccccc3F)CC2)c2cccc(C)c2)c2ccccc21. The van der Waals surface area contributed by atoms with Crippen molar-refractivity contribution in [3.8, 4) is 0 Å². The molecule has 2 heterocycles. The van der Waals surface area contributed by atoms with Gasteiger partial charge in [0.1, 0.15) is 5.82 Å². The van der Waals surface area contributed by atoms with Gasteiger partial charge in [0.25, 0.3) is 0 Å². The fraction of sp³-hybridized carbons (Fsp3) is 0.300. The minimum atomic E-state index is -0.209. The van der Waals surface area contributed by atoms with E-state index < -0.39 is 0 Å². The first kappa shape index (κ1) is 23.2. The van der Waals surface area contributed by atoms with E-state index in [0.29, 0.717) is 38.3 Å². The van der Waals surface area contributed by atoms with Crippen molar-refractivity contribution in [2.45, 2.75) is 32.7 Å². The molecule has 1 fully saturated rings. The van der Waals surface area contributed by atoms with Crippen LogP contribution in [0, 0.1) is 12.7 Å². The second-order valence-corrected chi connectivity index (χ2v) is 9.38. The first-order valence-electron chi connectivity index (χ1n) is 12.5. The Morgan fingerprint density at radius 3 is 2.43 bits per heavy atom. The minimum Gasteiger partial charge on any atom is -0.366 e. The number of aryl methyl sites for hydroxylation is 2. The average molecular weight is 470 g/mol. The molecule has 1 amide bonds. The number of nitrogens with zero attached hydrogens (tertiary/aromatic N) is 3. The number of rotatable bonds is 6. The molecule has 0 spiro atoms. The maximum atomic E-state index is 14.2. The Labute approximate surface area is 206 Å². The molecule has 1 aliphatic heterocycles. The van der Waals surface area contributed by atoms with Crippen molar-refractivity contribution >= 4 is 22.5 Å². The first-order chi connectivity index (χ1) is 17.0. The summed E-state index contributed by atoms with van der Waals surface area (Å²) in [6.07, 6.45) is 2.64. The van der Waals surface area contributed by atoms with E-state index in [9.17, 15) is 9.18 Å². The maximum absolute atomic E-state index is 14.2. The number of fused-ring (bicyclic) bond motifs is 1. The van der Waals surface area contributed by atoms with Gasteiger partial charge in [0.15, 0.2) is 0 Å². The number of halogens is 1. The number of para-hydroxylation sites is 2. The minimum absolute atomic E-state index is 0.0234. The quantitative estimate of drug-likeness (QED) is 0.348. The lowest BCUT2D eigenvalue weighted by Crippen LogP contribution is -2.49. The smallest absolute Gasteiger partial charge is 0.223 e. The Hall–Kier alpha value is -3.60. The highest BCUT2D eigenvalue weighted by Crippen LogP contribution is 2.36. The van der Waals surface area contributed by atoms with Crippen LogP contribution >= 0.6 is 0 Å². The lowest BCUT2D eigenvalue weighted by Gasteiger charge is -2.36. The number of hydrogen-bond donors (Lipinski definition) is 0. The molecule has 0 bridgehead atoms. The predicted molar refractivity (Wildman–Crippen MR) is 140 cm³/mol. The van der Waals surface area contributed by atoms with Crippen molar-refractivity contribution in [3.63, 3.8) is 0 Å². The molecule has 1 atom stereocenters. The van der Waals surface area contributed by atoms with Crippen molar-refractivity contribution < 1.29 is 9.18 Å². The predicted octanol–water partition coefficient (Wildman–Crippen LogP) is 5.98. The number of hydrogen-bond acceptors (Lipinski definition) is 2. The summed E-state index contributed by atoms with van der Waals surface area (Å²) in [6, 6.07) is 23.8. The topological polar surface area (TPSA) is 28.5 Å². The van der Waals surface area contributed by atoms with Gasteiger partial charge in [-0.2, -0.15) is 0 Å². The van der Waals surface area contributed by atoms with Gasteiger partial charge in [-0.3, -0.25) is 4.79 Å². The van der Waals surface area contributed by atoms with Gasteiger partial charge in [0.2, 0.25) is 5.91 Å². The third kappa shape index (κ3) is 4.68. The molecule has 5 rings (SSSR count). The van der Waals surface area contributed by atoms with Gasteiger partial charge < -0.3 is 14.4 Å². The van der Waals surface area contributed by atoms with Gasteiger partial charge in [-0.05, 0) is 43.2 Å². The van der Waals surface area contributed by atoms with Gasteiger partial charge in [-0.25, -0.2) is 4.39 Å². The zero-order valence-electron chi connectivity index (χ0n) is 20.5. The summed E-state index contributed by atoms with van der Waals surface area (Å²) in [6.45, 7) is 7.60. The molecule has 0 radical (unpaired) electrons. The molecule has 4 aromatic rings. The molecular weight excluding hydrogens is 437 g/mol. The number of aromatic nitrogens is 1. The fourth-order valence-corrected chi connectivity index (χ4v) is 5.32. The van der Waals surface area contributed by atoms with Gasteiger partial charge >= 0.3 is 0 Å². The number of carbonyl (C=O) groups is 1. The van der Waals surface area contributed by atoms with E-state index in [1.807, 2.05) is 21.9 Å². The van der Waals surface area contributed by atoms with Crippen LogP contribution in [-0.2, 0) is 11.3 Å². The summed E-state index contributed by atoms with van der Waals surface area (Å²) in [5, 5.41) is 1.21. The summed E-state index contributed by atoms with van der Waals surface area (Å²) in [4.78, 5) is 17.6. The Kier molecular flexibility index (Phi) is 6.58. The Bertz CT molecular complexity index is 1340. The molecule has 3 aromatic carbocycles. The van der Waals surface area contributed by atoms with Crippen LogP contribution < -0.4 is 4.90 Å². The van der Waals surface area contributed by atoms with Crippen molar-refractivity contribution in [1.29, 1.82) is 0 Å². The van der Waals surface area contributed by atoms with Crippen LogP contribution in [0.25, 0.3) is 10.9 Å². The third-order valence-electron chi connectivity index (χ3n) is 7.18. The zero-order valence-corrected chi connectivity index (χ0v) is 20.5. The number of piperazine rings is 1. The van der Waals surface area contributed by atoms with E-state index in [0.717, 1.165) is 6.54 Å². The molecule has 1 aromatic heterocycles. The van der Waals surface area contributed by atoms with E-state index in [4.69, 9.17) is 0 Å². The molecule has 4 nitrogen and oxygen atoms in total. The van der Waals surface area contributed by atoms with Crippen molar-refractivity contribution in [1.82, 2.24) is 9.47 Å². The Balaban J connectivity index is 1.40. The number of anilines is 1. The van der Waals surface area contributed by atoms with E-state index in [1.165, 1.54) is 33.7 Å². The monoisotopic (exact) mass is 469 g/mol. The molecule has 1 saturated heterocycles. The molecule has 180 valence electrons. The summed E-state index contributed by atoms with van der Waals surface area (Å²) >= 11 is 0. The first-order valence-corrected chi connectivity index (χ1v) is 12.5. The zero-order chi connectivity index (χ0) is 24.4. The van der Waals surface area contributed by atoms with Crippen molar-refractivity contribution in [2.24, 2.45) is 0 Å². The highest BCUT2D eigenvalue weighted by Gasteiger charge is 2.28. The summed E-state index contributed by atoms with van der Waals surface area (Å²) < 4.78 is 16.5. The van der Waals surface area contributed by atoms with E-state index in [2.05, 4.69) is 73.1 Å². The third-order valence-corrected chi connectivity index (χ3v) is 7.18. The Morgan fingerprint density at radius 1 is 0.943 bits per heavy atom. The number of carbonyl (C=O) groups excluding carboxylic acids is 1. The molecule has 0 N–H and O–H groups in total. The van der Waals surface area contributed by atoms with Crippen LogP contribution in [0.4, 0.5) is 10.1 Å². The van der Waals surface area contributed by atoms with Crippen LogP contribution in [0.1, 0.15) is 36.0 Å². The van der Waals surface area contributed by atoms with Crippen LogP contribution in [0.2, 0.25) is 0 Å². The molecule has 1 aliphatic rings. The summed E-state index contributed by atoms with van der Waals surface area (Å²) in [5.41, 5.74) is 5.38. The second kappa shape index (κ2) is 9.95. The maximum Gasteiger partial charge on any atom is 0.223 e. The van der Waals surface area contributed by atoms with Gasteiger partial charge in [-0.1, -0.05) is 60.2 Å². The number of benzene rings is 3. The van der Waals surface area contributed by atoms with E-state index in [1.54, 1.807) is 6.07 Å². The fourth-order valence-electron chi connectivity index (χ4n) is 5.32. The molecule has 0 saturated carbocycles. The van der Waals surface area contributed by atoms with E-state index in [-0.39, 0.29) is 17.6 Å². The molecule has 35 heavy (non-hydrogen) atoms. The lowest BCUT2D eigenvalue weighted by atomic mass is 9.87. The van der Waals surface area contributed by atoms with E-state index >= 15 is 0 Å². The number of amides is 1. The molecular formula is C30H32FN3O.